The summed E-state index contributed by atoms with van der Waals surface area (Å²) in [6.45, 7) is 2.25. The lowest BCUT2D eigenvalue weighted by molar-refractivity contribution is -0.116. The van der Waals surface area contributed by atoms with E-state index in [0.29, 0.717) is 28.8 Å². The molecule has 120 valence electrons. The zero-order valence-electron chi connectivity index (χ0n) is 13.0. The fourth-order valence-electron chi connectivity index (χ4n) is 2.99. The van der Waals surface area contributed by atoms with Gasteiger partial charge in [-0.25, -0.2) is 0 Å². The molecule has 0 unspecified atom stereocenters. The quantitative estimate of drug-likeness (QED) is 0.756. The Kier molecular flexibility index (Phi) is 3.26. The van der Waals surface area contributed by atoms with E-state index < -0.39 is 0 Å². The number of H-pyrrole nitrogens is 1. The molecule has 0 radical (unpaired) electrons. The molecule has 7 nitrogen and oxygen atoms in total. The van der Waals surface area contributed by atoms with Crippen LogP contribution in [0.2, 0.25) is 0 Å². The van der Waals surface area contributed by atoms with E-state index >= 15 is 0 Å². The van der Waals surface area contributed by atoms with Crippen molar-refractivity contribution in [1.29, 1.82) is 0 Å². The fourth-order valence-corrected chi connectivity index (χ4v) is 2.99. The Bertz CT molecular complexity index is 963. The van der Waals surface area contributed by atoms with E-state index in [-0.39, 0.29) is 11.8 Å². The van der Waals surface area contributed by atoms with E-state index in [1.165, 1.54) is 0 Å². The minimum absolute atomic E-state index is 0.0338. The molecule has 2 aromatic carbocycles. The topological polar surface area (TPSA) is 91.0 Å². The number of anilines is 2. The summed E-state index contributed by atoms with van der Waals surface area (Å²) in [5.41, 5.74) is 4.58. The molecule has 2 heterocycles. The second kappa shape index (κ2) is 5.45. The molecule has 2 amide bonds. The monoisotopic (exact) mass is 321 g/mol. The number of hydrogen-bond donors (Lipinski definition) is 2. The molecular weight excluding hydrogens is 306 g/mol. The number of carbonyl (C=O) groups excluding carboxylic acids is 2. The first-order valence-corrected chi connectivity index (χ1v) is 7.65. The molecule has 4 rings (SSSR count). The highest BCUT2D eigenvalue weighted by atomic mass is 16.2. The molecule has 0 saturated carbocycles. The van der Waals surface area contributed by atoms with E-state index in [4.69, 9.17) is 0 Å². The molecule has 3 aromatic rings. The Morgan fingerprint density at radius 2 is 1.96 bits per heavy atom. The van der Waals surface area contributed by atoms with Crippen molar-refractivity contribution in [3.63, 3.8) is 0 Å². The van der Waals surface area contributed by atoms with Crippen LogP contribution in [0.4, 0.5) is 11.4 Å². The molecule has 0 bridgehead atoms. The van der Waals surface area contributed by atoms with Crippen molar-refractivity contribution in [2.75, 3.05) is 16.8 Å². The van der Waals surface area contributed by atoms with Crippen LogP contribution in [0.25, 0.3) is 11.0 Å². The molecule has 1 aliphatic heterocycles. The molecule has 24 heavy (non-hydrogen) atoms. The van der Waals surface area contributed by atoms with E-state index in [1.54, 1.807) is 30.0 Å². The van der Waals surface area contributed by atoms with E-state index in [1.807, 2.05) is 18.2 Å². The number of aromatic amines is 1. The maximum Gasteiger partial charge on any atom is 0.255 e. The van der Waals surface area contributed by atoms with E-state index in [9.17, 15) is 9.59 Å². The van der Waals surface area contributed by atoms with Crippen LogP contribution in [0.1, 0.15) is 22.8 Å². The molecule has 1 aromatic heterocycles. The molecule has 0 aliphatic carbocycles. The second-order valence-corrected chi connectivity index (χ2v) is 5.75. The van der Waals surface area contributed by atoms with Crippen LogP contribution in [0, 0.1) is 0 Å². The largest absolute Gasteiger partial charge is 0.322 e. The third kappa shape index (κ3) is 2.40. The van der Waals surface area contributed by atoms with Gasteiger partial charge in [-0.1, -0.05) is 0 Å². The molecule has 2 N–H and O–H groups in total. The number of nitrogens with zero attached hydrogens (tertiary/aromatic N) is 3. The smallest absolute Gasteiger partial charge is 0.255 e. The zero-order valence-corrected chi connectivity index (χ0v) is 13.0. The highest BCUT2D eigenvalue weighted by Crippen LogP contribution is 2.30. The SMILES string of the molecule is CC(=O)N1CCc2cc(NC(=O)c3ccc4n[nH]nc4c3)ccc21. The predicted octanol–water partition coefficient (Wildman–Crippen LogP) is 2.12. The number of aromatic nitrogens is 3. The summed E-state index contributed by atoms with van der Waals surface area (Å²) in [6.07, 6.45) is 0.795. The number of hydrogen-bond acceptors (Lipinski definition) is 4. The fraction of sp³-hybridized carbons (Fsp3) is 0.176. The summed E-state index contributed by atoms with van der Waals surface area (Å²) in [7, 11) is 0. The number of nitrogens with one attached hydrogen (secondary N) is 2. The zero-order chi connectivity index (χ0) is 16.7. The molecule has 0 saturated heterocycles. The van der Waals surface area contributed by atoms with Crippen LogP contribution < -0.4 is 10.2 Å². The van der Waals surface area contributed by atoms with Gasteiger partial charge in [0.1, 0.15) is 11.0 Å². The van der Waals surface area contributed by atoms with Crippen molar-refractivity contribution in [3.05, 3.63) is 47.5 Å². The average Bonchev–Trinajstić information content (AvgIpc) is 3.20. The lowest BCUT2D eigenvalue weighted by Gasteiger charge is -2.15. The van der Waals surface area contributed by atoms with Crippen molar-refractivity contribution in [3.8, 4) is 0 Å². The third-order valence-corrected chi connectivity index (χ3v) is 4.19. The Morgan fingerprint density at radius 1 is 1.12 bits per heavy atom. The van der Waals surface area contributed by atoms with Gasteiger partial charge in [-0.2, -0.15) is 15.4 Å². The minimum Gasteiger partial charge on any atom is -0.322 e. The Balaban J connectivity index is 1.57. The molecule has 7 heteroatoms. The predicted molar refractivity (Wildman–Crippen MR) is 90.0 cm³/mol. The maximum absolute atomic E-state index is 12.4. The highest BCUT2D eigenvalue weighted by molar-refractivity contribution is 6.06. The van der Waals surface area contributed by atoms with Gasteiger partial charge in [0.15, 0.2) is 0 Å². The Labute approximate surface area is 137 Å². The average molecular weight is 321 g/mol. The molecule has 0 atom stereocenters. The first kappa shape index (κ1) is 14.4. The van der Waals surface area contributed by atoms with Crippen LogP contribution in [-0.2, 0) is 11.2 Å². The summed E-state index contributed by atoms with van der Waals surface area (Å²) < 4.78 is 0. The van der Waals surface area contributed by atoms with Crippen molar-refractivity contribution >= 4 is 34.2 Å². The number of benzene rings is 2. The molecule has 1 aliphatic rings. The number of amides is 2. The maximum atomic E-state index is 12.4. The van der Waals surface area contributed by atoms with Gasteiger partial charge in [0.05, 0.1) is 0 Å². The number of rotatable bonds is 2. The summed E-state index contributed by atoms with van der Waals surface area (Å²) in [5.74, 6) is -0.173. The number of carbonyl (C=O) groups is 2. The van der Waals surface area contributed by atoms with Gasteiger partial charge in [0, 0.05) is 30.4 Å². The first-order valence-electron chi connectivity index (χ1n) is 7.65. The van der Waals surface area contributed by atoms with Gasteiger partial charge in [0.2, 0.25) is 5.91 Å². The van der Waals surface area contributed by atoms with E-state index in [0.717, 1.165) is 17.7 Å². The van der Waals surface area contributed by atoms with Crippen molar-refractivity contribution < 1.29 is 9.59 Å². The van der Waals surface area contributed by atoms with Crippen LogP contribution in [0.15, 0.2) is 36.4 Å². The highest BCUT2D eigenvalue weighted by Gasteiger charge is 2.22. The van der Waals surface area contributed by atoms with Gasteiger partial charge in [0.25, 0.3) is 5.91 Å². The van der Waals surface area contributed by atoms with Crippen LogP contribution >= 0.6 is 0 Å². The summed E-state index contributed by atoms with van der Waals surface area (Å²) in [4.78, 5) is 25.8. The Morgan fingerprint density at radius 3 is 2.79 bits per heavy atom. The van der Waals surface area contributed by atoms with E-state index in [2.05, 4.69) is 20.7 Å². The lowest BCUT2D eigenvalue weighted by Crippen LogP contribution is -2.25. The van der Waals surface area contributed by atoms with Crippen molar-refractivity contribution in [2.24, 2.45) is 0 Å². The minimum atomic E-state index is -0.207. The van der Waals surface area contributed by atoms with Gasteiger partial charge in [-0.05, 0) is 48.4 Å². The van der Waals surface area contributed by atoms with Crippen LogP contribution in [-0.4, -0.2) is 33.8 Å². The Hall–Kier alpha value is -3.22. The lowest BCUT2D eigenvalue weighted by atomic mass is 10.1. The third-order valence-electron chi connectivity index (χ3n) is 4.19. The first-order chi connectivity index (χ1) is 11.6. The standard InChI is InChI=1S/C17H15N5O2/c1-10(23)22-7-6-11-8-13(3-5-16(11)22)18-17(24)12-2-4-14-15(9-12)20-21-19-14/h2-5,8-9H,6-7H2,1H3,(H,18,24)(H,19,20,21). The van der Waals surface area contributed by atoms with Gasteiger partial charge in [-0.3, -0.25) is 9.59 Å². The summed E-state index contributed by atoms with van der Waals surface area (Å²) in [5, 5.41) is 13.4. The van der Waals surface area contributed by atoms with Crippen LogP contribution in [0.5, 0.6) is 0 Å². The summed E-state index contributed by atoms with van der Waals surface area (Å²) >= 11 is 0. The molecule has 0 spiro atoms. The molecular formula is C17H15N5O2. The van der Waals surface area contributed by atoms with Gasteiger partial charge < -0.3 is 10.2 Å². The van der Waals surface area contributed by atoms with Crippen molar-refractivity contribution in [1.82, 2.24) is 15.4 Å². The van der Waals surface area contributed by atoms with Gasteiger partial charge >= 0.3 is 0 Å². The normalized spacial score (nSPS) is 13.1. The number of fused-ring (bicyclic) bond motifs is 2. The molecule has 0 fully saturated rings. The van der Waals surface area contributed by atoms with Crippen molar-refractivity contribution in [2.45, 2.75) is 13.3 Å². The van der Waals surface area contributed by atoms with Gasteiger partial charge in [-0.15, -0.1) is 0 Å². The second-order valence-electron chi connectivity index (χ2n) is 5.75. The summed E-state index contributed by atoms with van der Waals surface area (Å²) in [6, 6.07) is 10.8. The van der Waals surface area contributed by atoms with Crippen LogP contribution in [0.3, 0.4) is 0 Å².